The highest BCUT2D eigenvalue weighted by Gasteiger charge is 2.12. The fourth-order valence-electron chi connectivity index (χ4n) is 2.29. The highest BCUT2D eigenvalue weighted by Crippen LogP contribution is 2.26. The fraction of sp³-hybridized carbons (Fsp3) is 0.333. The summed E-state index contributed by atoms with van der Waals surface area (Å²) in [7, 11) is 0. The van der Waals surface area contributed by atoms with Gasteiger partial charge in [0, 0.05) is 16.7 Å². The fourth-order valence-corrected chi connectivity index (χ4v) is 3.40. The van der Waals surface area contributed by atoms with E-state index < -0.39 is 0 Å². The number of aryl methyl sites for hydroxylation is 2. The number of benzene rings is 2. The van der Waals surface area contributed by atoms with E-state index in [2.05, 4.69) is 43.4 Å². The van der Waals surface area contributed by atoms with Crippen molar-refractivity contribution < 1.29 is 4.39 Å². The third-order valence-corrected chi connectivity index (χ3v) is 4.53. The van der Waals surface area contributed by atoms with Crippen molar-refractivity contribution in [3.8, 4) is 0 Å². The van der Waals surface area contributed by atoms with Crippen molar-refractivity contribution in [2.24, 2.45) is 0 Å². The molecule has 0 aromatic heterocycles. The van der Waals surface area contributed by atoms with Crippen LogP contribution in [0.5, 0.6) is 0 Å². The largest absolute Gasteiger partial charge is 0.309 e. The van der Waals surface area contributed by atoms with Gasteiger partial charge >= 0.3 is 0 Å². The van der Waals surface area contributed by atoms with Crippen molar-refractivity contribution in [3.05, 3.63) is 65.0 Å². The smallest absolute Gasteiger partial charge is 0.126 e. The molecule has 2 rings (SSSR count). The van der Waals surface area contributed by atoms with Crippen molar-refractivity contribution in [2.45, 2.75) is 31.7 Å². The van der Waals surface area contributed by atoms with E-state index in [-0.39, 0.29) is 11.9 Å². The third kappa shape index (κ3) is 4.58. The highest BCUT2D eigenvalue weighted by molar-refractivity contribution is 7.99. The Morgan fingerprint density at radius 1 is 1.14 bits per heavy atom. The monoisotopic (exact) mass is 303 g/mol. The van der Waals surface area contributed by atoms with Gasteiger partial charge in [0.15, 0.2) is 0 Å². The molecule has 3 heteroatoms. The summed E-state index contributed by atoms with van der Waals surface area (Å²) < 4.78 is 13.4. The maximum atomic E-state index is 13.4. The molecule has 0 amide bonds. The minimum absolute atomic E-state index is 0.139. The lowest BCUT2D eigenvalue weighted by Gasteiger charge is -2.19. The molecule has 0 saturated heterocycles. The zero-order valence-corrected chi connectivity index (χ0v) is 13.6. The molecular formula is C18H22FNS. The summed E-state index contributed by atoms with van der Waals surface area (Å²) in [6.45, 7) is 6.92. The topological polar surface area (TPSA) is 12.0 Å². The Kier molecular flexibility index (Phi) is 5.83. The Bertz CT molecular complexity index is 598. The number of nitrogens with one attached hydrogen (secondary N) is 1. The van der Waals surface area contributed by atoms with E-state index >= 15 is 0 Å². The molecular weight excluding hydrogens is 281 g/mol. The van der Waals surface area contributed by atoms with Gasteiger partial charge in [-0.15, -0.1) is 11.8 Å². The highest BCUT2D eigenvalue weighted by atomic mass is 32.2. The van der Waals surface area contributed by atoms with Crippen LogP contribution in [0.3, 0.4) is 0 Å². The van der Waals surface area contributed by atoms with Crippen LogP contribution in [0.1, 0.15) is 29.7 Å². The van der Waals surface area contributed by atoms with Crippen molar-refractivity contribution >= 4 is 11.8 Å². The predicted molar refractivity (Wildman–Crippen MR) is 89.5 cm³/mol. The standard InChI is InChI=1S/C18H22FNS/c1-4-20-18(15-8-9-17(19)14(3)11-15)12-21-16-7-5-6-13(2)10-16/h5-11,18,20H,4,12H2,1-3H3. The maximum absolute atomic E-state index is 13.4. The van der Waals surface area contributed by atoms with E-state index in [1.165, 1.54) is 10.5 Å². The van der Waals surface area contributed by atoms with Crippen LogP contribution in [0.15, 0.2) is 47.4 Å². The summed E-state index contributed by atoms with van der Waals surface area (Å²) in [5.41, 5.74) is 3.13. The van der Waals surface area contributed by atoms with Crippen LogP contribution in [0.25, 0.3) is 0 Å². The van der Waals surface area contributed by atoms with Gasteiger partial charge < -0.3 is 5.32 Å². The maximum Gasteiger partial charge on any atom is 0.126 e. The average Bonchev–Trinajstić information content (AvgIpc) is 2.46. The molecule has 0 bridgehead atoms. The minimum atomic E-state index is -0.139. The quantitative estimate of drug-likeness (QED) is 0.763. The first-order valence-corrected chi connectivity index (χ1v) is 8.27. The summed E-state index contributed by atoms with van der Waals surface area (Å²) >= 11 is 1.83. The Morgan fingerprint density at radius 2 is 1.95 bits per heavy atom. The molecule has 2 aromatic rings. The number of hydrogen-bond acceptors (Lipinski definition) is 2. The van der Waals surface area contributed by atoms with Crippen LogP contribution in [0, 0.1) is 19.7 Å². The van der Waals surface area contributed by atoms with Gasteiger partial charge in [0.1, 0.15) is 5.82 Å². The van der Waals surface area contributed by atoms with Crippen LogP contribution >= 0.6 is 11.8 Å². The number of thioether (sulfide) groups is 1. The van der Waals surface area contributed by atoms with Gasteiger partial charge in [-0.2, -0.15) is 0 Å². The van der Waals surface area contributed by atoms with E-state index in [0.29, 0.717) is 5.56 Å². The molecule has 1 nitrogen and oxygen atoms in total. The zero-order valence-electron chi connectivity index (χ0n) is 12.8. The molecule has 112 valence electrons. The average molecular weight is 303 g/mol. The molecule has 1 unspecified atom stereocenters. The molecule has 0 spiro atoms. The first-order valence-electron chi connectivity index (χ1n) is 7.29. The molecule has 0 saturated carbocycles. The Hall–Kier alpha value is -1.32. The molecule has 0 aliphatic rings. The number of rotatable bonds is 6. The molecule has 0 heterocycles. The SMILES string of the molecule is CCNC(CSc1cccc(C)c1)c1ccc(F)c(C)c1. The Morgan fingerprint density at radius 3 is 2.62 bits per heavy atom. The number of hydrogen-bond donors (Lipinski definition) is 1. The first-order chi connectivity index (χ1) is 10.1. The third-order valence-electron chi connectivity index (χ3n) is 3.44. The lowest BCUT2D eigenvalue weighted by Crippen LogP contribution is -2.23. The second-order valence-corrected chi connectivity index (χ2v) is 6.34. The zero-order chi connectivity index (χ0) is 15.2. The summed E-state index contributed by atoms with van der Waals surface area (Å²) in [4.78, 5) is 1.27. The Labute approximate surface area is 131 Å². The second-order valence-electron chi connectivity index (χ2n) is 5.25. The van der Waals surface area contributed by atoms with Crippen molar-refractivity contribution in [1.82, 2.24) is 5.32 Å². The Balaban J connectivity index is 2.09. The van der Waals surface area contributed by atoms with Crippen LogP contribution in [-0.4, -0.2) is 12.3 Å². The predicted octanol–water partition coefficient (Wildman–Crippen LogP) is 4.89. The second kappa shape index (κ2) is 7.62. The van der Waals surface area contributed by atoms with Crippen LogP contribution in [0.4, 0.5) is 4.39 Å². The van der Waals surface area contributed by atoms with E-state index in [1.54, 1.807) is 6.07 Å². The number of halogens is 1. The van der Waals surface area contributed by atoms with Gasteiger partial charge in [-0.1, -0.05) is 36.8 Å². The van der Waals surface area contributed by atoms with E-state index in [1.807, 2.05) is 30.8 Å². The molecule has 2 aromatic carbocycles. The molecule has 0 aliphatic carbocycles. The molecule has 0 radical (unpaired) electrons. The lowest BCUT2D eigenvalue weighted by molar-refractivity contribution is 0.594. The molecule has 1 N–H and O–H groups in total. The molecule has 0 fully saturated rings. The van der Waals surface area contributed by atoms with Crippen LogP contribution in [0.2, 0.25) is 0 Å². The first kappa shape index (κ1) is 16.1. The van der Waals surface area contributed by atoms with Crippen molar-refractivity contribution in [2.75, 3.05) is 12.3 Å². The van der Waals surface area contributed by atoms with Crippen molar-refractivity contribution in [3.63, 3.8) is 0 Å². The molecule has 21 heavy (non-hydrogen) atoms. The van der Waals surface area contributed by atoms with Gasteiger partial charge in [0.25, 0.3) is 0 Å². The van der Waals surface area contributed by atoms with Gasteiger partial charge in [-0.05, 0) is 49.7 Å². The summed E-state index contributed by atoms with van der Waals surface area (Å²) in [5.74, 6) is 0.794. The van der Waals surface area contributed by atoms with E-state index in [0.717, 1.165) is 17.9 Å². The van der Waals surface area contributed by atoms with Gasteiger partial charge in [-0.25, -0.2) is 4.39 Å². The van der Waals surface area contributed by atoms with Crippen molar-refractivity contribution in [1.29, 1.82) is 0 Å². The van der Waals surface area contributed by atoms with Gasteiger partial charge in [0.2, 0.25) is 0 Å². The van der Waals surface area contributed by atoms with Crippen LogP contribution < -0.4 is 5.32 Å². The minimum Gasteiger partial charge on any atom is -0.309 e. The lowest BCUT2D eigenvalue weighted by atomic mass is 10.1. The van der Waals surface area contributed by atoms with E-state index in [4.69, 9.17) is 0 Å². The normalized spacial score (nSPS) is 12.4. The van der Waals surface area contributed by atoms with Crippen LogP contribution in [-0.2, 0) is 0 Å². The summed E-state index contributed by atoms with van der Waals surface area (Å²) in [6.07, 6.45) is 0. The molecule has 0 aliphatic heterocycles. The molecule has 1 atom stereocenters. The van der Waals surface area contributed by atoms with Gasteiger partial charge in [-0.3, -0.25) is 0 Å². The van der Waals surface area contributed by atoms with E-state index in [9.17, 15) is 4.39 Å². The summed E-state index contributed by atoms with van der Waals surface area (Å²) in [6, 6.07) is 14.1. The van der Waals surface area contributed by atoms with Gasteiger partial charge in [0.05, 0.1) is 0 Å². The summed E-state index contributed by atoms with van der Waals surface area (Å²) in [5, 5.41) is 3.49.